The summed E-state index contributed by atoms with van der Waals surface area (Å²) in [4.78, 5) is 8.07. The lowest BCUT2D eigenvalue weighted by Gasteiger charge is -2.04. The van der Waals surface area contributed by atoms with Crippen molar-refractivity contribution in [2.24, 2.45) is 0 Å². The summed E-state index contributed by atoms with van der Waals surface area (Å²) in [6.07, 6.45) is 3.56. The van der Waals surface area contributed by atoms with Crippen LogP contribution < -0.4 is 21.3 Å². The van der Waals surface area contributed by atoms with E-state index < -0.39 is 0 Å². The number of oxazole rings is 1. The molecule has 10 nitrogen and oxygen atoms in total. The first-order valence-corrected chi connectivity index (χ1v) is 18.5. The Morgan fingerprint density at radius 2 is 1.08 bits per heavy atom. The van der Waals surface area contributed by atoms with Gasteiger partial charge in [-0.05, 0) is 82.2 Å². The van der Waals surface area contributed by atoms with Crippen LogP contribution in [0.2, 0.25) is 0 Å². The van der Waals surface area contributed by atoms with Gasteiger partial charge in [0, 0.05) is 48.9 Å². The molecular formula is C39H82N8O2S. The van der Waals surface area contributed by atoms with E-state index in [1.165, 1.54) is 0 Å². The van der Waals surface area contributed by atoms with Gasteiger partial charge in [-0.1, -0.05) is 70.2 Å². The number of nitrogens with one attached hydrogen (secondary N) is 5. The molecule has 11 heteroatoms. The Morgan fingerprint density at radius 3 is 1.40 bits per heavy atom. The second-order valence-corrected chi connectivity index (χ2v) is 11.8. The van der Waals surface area contributed by atoms with E-state index in [2.05, 4.69) is 96.8 Å². The quantitative estimate of drug-likeness (QED) is 0.120. The van der Waals surface area contributed by atoms with Crippen LogP contribution in [0.3, 0.4) is 0 Å². The average molecular weight is 727 g/mol. The van der Waals surface area contributed by atoms with Gasteiger partial charge in [-0.3, -0.25) is 5.10 Å². The van der Waals surface area contributed by atoms with Gasteiger partial charge in [-0.2, -0.15) is 5.10 Å². The highest BCUT2D eigenvalue weighted by molar-refractivity contribution is 7.15. The number of aryl methyl sites for hydroxylation is 4. The zero-order valence-corrected chi connectivity index (χ0v) is 35.1. The van der Waals surface area contributed by atoms with Crippen LogP contribution in [0.4, 0.5) is 22.6 Å². The molecule has 4 aromatic rings. The second-order valence-electron chi connectivity index (χ2n) is 10.5. The summed E-state index contributed by atoms with van der Waals surface area (Å²) in [7, 11) is 0. The van der Waals surface area contributed by atoms with Crippen LogP contribution in [0.25, 0.3) is 0 Å². The standard InChI is InChI=1S/C8H13NO.C7H13N3.C7H12N2O.C7H12N2S.4C2H6.2CH4/c1-6(2)9-8-5-4-7(3)10-8;1-5(2)8-7-4-6(3)9-10-7;2*1-5(2)9-7-4-8-6(3)10-7;4*1-2;;/h4-6,9H,1-3H3;4-5H,1-3H3,(H2,8,9,10);2*4-5,9H,1-3H3;4*1-2H3;2*1H4. The predicted molar refractivity (Wildman–Crippen MR) is 229 cm³/mol. The van der Waals surface area contributed by atoms with Crippen LogP contribution in [0.5, 0.6) is 0 Å². The molecule has 0 saturated heterocycles. The molecule has 0 aromatic carbocycles. The molecule has 0 amide bonds. The minimum atomic E-state index is 0. The number of hydrogen-bond acceptors (Lipinski definition) is 10. The summed E-state index contributed by atoms with van der Waals surface area (Å²) in [6.45, 7) is 40.4. The highest BCUT2D eigenvalue weighted by Gasteiger charge is 2.00. The Hall–Kier alpha value is -3.47. The number of thiazole rings is 1. The summed E-state index contributed by atoms with van der Waals surface area (Å²) in [6, 6.07) is 7.65. The van der Waals surface area contributed by atoms with E-state index in [1.54, 1.807) is 17.5 Å². The van der Waals surface area contributed by atoms with Crippen molar-refractivity contribution in [3.05, 3.63) is 52.9 Å². The van der Waals surface area contributed by atoms with Crippen molar-refractivity contribution >= 4 is 33.9 Å². The van der Waals surface area contributed by atoms with Gasteiger partial charge in [0.15, 0.2) is 11.8 Å². The molecule has 4 heterocycles. The van der Waals surface area contributed by atoms with Gasteiger partial charge in [-0.25, -0.2) is 9.97 Å². The first-order valence-electron chi connectivity index (χ1n) is 17.7. The summed E-state index contributed by atoms with van der Waals surface area (Å²) in [5, 5.41) is 21.9. The smallest absolute Gasteiger partial charge is 0.213 e. The highest BCUT2D eigenvalue weighted by Crippen LogP contribution is 2.18. The van der Waals surface area contributed by atoms with Gasteiger partial charge in [0.25, 0.3) is 0 Å². The minimum absolute atomic E-state index is 0. The molecule has 0 radical (unpaired) electrons. The van der Waals surface area contributed by atoms with E-state index in [-0.39, 0.29) is 14.9 Å². The number of nitrogens with zero attached hydrogens (tertiary/aromatic N) is 3. The molecule has 5 N–H and O–H groups in total. The molecule has 4 rings (SSSR count). The third-order valence-corrected chi connectivity index (χ3v) is 5.26. The molecule has 0 aliphatic rings. The van der Waals surface area contributed by atoms with Gasteiger partial charge in [0.1, 0.15) is 16.6 Å². The molecule has 0 fully saturated rings. The maximum absolute atomic E-state index is 5.28. The lowest BCUT2D eigenvalue weighted by Crippen LogP contribution is -2.09. The van der Waals surface area contributed by atoms with Crippen molar-refractivity contribution < 1.29 is 8.83 Å². The minimum Gasteiger partial charge on any atom is -0.446 e. The highest BCUT2D eigenvalue weighted by atomic mass is 32.1. The molecule has 296 valence electrons. The van der Waals surface area contributed by atoms with E-state index in [1.807, 2.05) is 107 Å². The first kappa shape index (κ1) is 58.7. The SMILES string of the molecule is C.C.CC.CC.CC.CC.Cc1cc(NC(C)C)n[nH]1.Cc1ccc(NC(C)C)o1.Cc1ncc(NC(C)C)o1.Cc1ncc(NC(C)C)s1. The Labute approximate surface area is 313 Å². The lowest BCUT2D eigenvalue weighted by molar-refractivity contribution is 0.528. The molecule has 0 aliphatic heterocycles. The van der Waals surface area contributed by atoms with Gasteiger partial charge in [-0.15, -0.1) is 11.3 Å². The fourth-order valence-electron chi connectivity index (χ4n) is 3.01. The van der Waals surface area contributed by atoms with Crippen molar-refractivity contribution in [1.29, 1.82) is 0 Å². The summed E-state index contributed by atoms with van der Waals surface area (Å²) in [5.41, 5.74) is 1.09. The number of hydrogen-bond donors (Lipinski definition) is 5. The molecule has 0 aliphatic carbocycles. The molecular weight excluding hydrogens is 645 g/mol. The topological polar surface area (TPSA) is 129 Å². The van der Waals surface area contributed by atoms with Crippen LogP contribution in [-0.4, -0.2) is 44.3 Å². The Bertz CT molecular complexity index is 1010. The van der Waals surface area contributed by atoms with Crippen LogP contribution >= 0.6 is 11.3 Å². The summed E-state index contributed by atoms with van der Waals surface area (Å²) in [5.74, 6) is 4.17. The van der Waals surface area contributed by atoms with Crippen molar-refractivity contribution in [3.63, 3.8) is 0 Å². The van der Waals surface area contributed by atoms with Crippen molar-refractivity contribution in [2.75, 3.05) is 21.3 Å². The van der Waals surface area contributed by atoms with Gasteiger partial charge in [0.2, 0.25) is 5.88 Å². The van der Waals surface area contributed by atoms with Crippen LogP contribution in [0.15, 0.2) is 39.4 Å². The van der Waals surface area contributed by atoms with Crippen LogP contribution in [0, 0.1) is 27.7 Å². The second kappa shape index (κ2) is 38.3. The van der Waals surface area contributed by atoms with E-state index in [0.29, 0.717) is 30.1 Å². The van der Waals surface area contributed by atoms with E-state index in [4.69, 9.17) is 8.83 Å². The maximum atomic E-state index is 5.28. The third-order valence-electron chi connectivity index (χ3n) is 4.42. The number of anilines is 4. The Morgan fingerprint density at radius 1 is 0.600 bits per heavy atom. The predicted octanol–water partition coefficient (Wildman–Crippen LogP) is 13.4. The van der Waals surface area contributed by atoms with E-state index >= 15 is 0 Å². The van der Waals surface area contributed by atoms with Crippen molar-refractivity contribution in [2.45, 2.75) is 177 Å². The normalized spacial score (nSPS) is 8.80. The molecule has 4 aromatic heterocycles. The van der Waals surface area contributed by atoms with Gasteiger partial charge < -0.3 is 30.1 Å². The monoisotopic (exact) mass is 727 g/mol. The molecule has 0 spiro atoms. The van der Waals surface area contributed by atoms with Crippen molar-refractivity contribution in [3.8, 4) is 0 Å². The van der Waals surface area contributed by atoms with Gasteiger partial charge in [0.05, 0.1) is 17.4 Å². The van der Waals surface area contributed by atoms with E-state index in [0.717, 1.165) is 39.0 Å². The molecule has 0 atom stereocenters. The first-order chi connectivity index (χ1) is 22.7. The van der Waals surface area contributed by atoms with E-state index in [9.17, 15) is 0 Å². The maximum Gasteiger partial charge on any atom is 0.213 e. The van der Waals surface area contributed by atoms with Crippen LogP contribution in [-0.2, 0) is 0 Å². The fourth-order valence-corrected chi connectivity index (χ4v) is 3.83. The molecule has 0 unspecified atom stereocenters. The average Bonchev–Trinajstić information content (AvgIpc) is 3.84. The van der Waals surface area contributed by atoms with Gasteiger partial charge >= 0.3 is 0 Å². The van der Waals surface area contributed by atoms with Crippen molar-refractivity contribution in [1.82, 2.24) is 20.2 Å². The summed E-state index contributed by atoms with van der Waals surface area (Å²) >= 11 is 1.69. The Kier molecular flexibility index (Phi) is 45.0. The number of aromatic nitrogens is 4. The zero-order valence-electron chi connectivity index (χ0n) is 34.3. The molecule has 0 bridgehead atoms. The molecule has 50 heavy (non-hydrogen) atoms. The number of rotatable bonds is 8. The lowest BCUT2D eigenvalue weighted by atomic mass is 10.4. The largest absolute Gasteiger partial charge is 0.446 e. The van der Waals surface area contributed by atoms with Crippen LogP contribution in [0.1, 0.15) is 148 Å². The molecule has 0 saturated carbocycles. The Balaban J connectivity index is -0.000000119. The fraction of sp³-hybridized carbons (Fsp3) is 0.667. The number of furan rings is 1. The number of aromatic amines is 1. The zero-order chi connectivity index (χ0) is 38.2. The third kappa shape index (κ3) is 35.8. The number of H-pyrrole nitrogens is 1. The summed E-state index contributed by atoms with van der Waals surface area (Å²) < 4.78 is 10.5.